The molecule has 1 saturated heterocycles. The van der Waals surface area contributed by atoms with E-state index in [0.29, 0.717) is 34.3 Å². The van der Waals surface area contributed by atoms with Gasteiger partial charge in [0.2, 0.25) is 0 Å². The Kier molecular flexibility index (Phi) is 7.59. The predicted octanol–water partition coefficient (Wildman–Crippen LogP) is 5.08. The van der Waals surface area contributed by atoms with Crippen LogP contribution in [0.5, 0.6) is 23.0 Å². The number of hydrogen-bond acceptors (Lipinski definition) is 7. The largest absolute Gasteiger partial charge is 0.507 e. The van der Waals surface area contributed by atoms with Crippen LogP contribution in [0.3, 0.4) is 0 Å². The Labute approximate surface area is 219 Å². The van der Waals surface area contributed by atoms with Crippen molar-refractivity contribution < 1.29 is 34.0 Å². The molecule has 0 saturated carbocycles. The van der Waals surface area contributed by atoms with Crippen LogP contribution >= 0.6 is 11.6 Å². The molecule has 1 unspecified atom stereocenters. The first kappa shape index (κ1) is 25.9. The van der Waals surface area contributed by atoms with E-state index in [9.17, 15) is 19.8 Å². The first-order chi connectivity index (χ1) is 17.8. The van der Waals surface area contributed by atoms with Crippen LogP contribution in [0.15, 0.2) is 66.2 Å². The molecule has 1 atom stereocenters. The molecule has 1 fully saturated rings. The lowest BCUT2D eigenvalue weighted by Crippen LogP contribution is -2.29. The first-order valence-corrected chi connectivity index (χ1v) is 11.9. The first-order valence-electron chi connectivity index (χ1n) is 11.5. The number of benzene rings is 3. The molecule has 0 bridgehead atoms. The van der Waals surface area contributed by atoms with Crippen LogP contribution in [0.4, 0.5) is 0 Å². The maximum atomic E-state index is 13.4. The molecule has 0 aromatic heterocycles. The van der Waals surface area contributed by atoms with Gasteiger partial charge in [-0.15, -0.1) is 0 Å². The SMILES string of the molecule is CCOc1cc(C2/C(=C(/O)c3ccc(Cl)c(OC)c3)C(=O)C(=O)N2Cc2ccccc2OC)ccc1O. The molecule has 0 spiro atoms. The Bertz CT molecular complexity index is 1380. The number of likely N-dealkylation sites (tertiary alicyclic amines) is 1. The molecule has 1 aliphatic heterocycles. The quantitative estimate of drug-likeness (QED) is 0.241. The van der Waals surface area contributed by atoms with Crippen molar-refractivity contribution in [1.29, 1.82) is 0 Å². The molecule has 0 aliphatic carbocycles. The summed E-state index contributed by atoms with van der Waals surface area (Å²) >= 11 is 6.14. The summed E-state index contributed by atoms with van der Waals surface area (Å²) in [6.45, 7) is 2.10. The van der Waals surface area contributed by atoms with E-state index < -0.39 is 17.7 Å². The molecule has 1 heterocycles. The number of ether oxygens (including phenoxy) is 3. The summed E-state index contributed by atoms with van der Waals surface area (Å²) in [7, 11) is 2.95. The average Bonchev–Trinajstić information content (AvgIpc) is 3.15. The van der Waals surface area contributed by atoms with E-state index in [-0.39, 0.29) is 34.9 Å². The Morgan fingerprint density at radius 1 is 0.973 bits per heavy atom. The number of aromatic hydroxyl groups is 1. The maximum Gasteiger partial charge on any atom is 0.295 e. The summed E-state index contributed by atoms with van der Waals surface area (Å²) < 4.78 is 16.2. The van der Waals surface area contributed by atoms with E-state index in [1.807, 2.05) is 0 Å². The molecule has 2 N–H and O–H groups in total. The lowest BCUT2D eigenvalue weighted by molar-refractivity contribution is -0.140. The van der Waals surface area contributed by atoms with Crippen LogP contribution in [-0.2, 0) is 16.1 Å². The molecule has 8 nitrogen and oxygen atoms in total. The number of carbonyl (C=O) groups excluding carboxylic acids is 2. The number of amides is 1. The summed E-state index contributed by atoms with van der Waals surface area (Å²) in [6, 6.07) is 15.3. The van der Waals surface area contributed by atoms with Crippen molar-refractivity contribution in [2.24, 2.45) is 0 Å². The highest BCUT2D eigenvalue weighted by Crippen LogP contribution is 2.43. The maximum absolute atomic E-state index is 13.4. The lowest BCUT2D eigenvalue weighted by Gasteiger charge is -2.26. The van der Waals surface area contributed by atoms with Gasteiger partial charge >= 0.3 is 0 Å². The van der Waals surface area contributed by atoms with Crippen molar-refractivity contribution in [3.63, 3.8) is 0 Å². The molecule has 0 radical (unpaired) electrons. The molecule has 1 aliphatic rings. The van der Waals surface area contributed by atoms with Crippen LogP contribution in [0.25, 0.3) is 5.76 Å². The number of para-hydroxylation sites is 1. The van der Waals surface area contributed by atoms with Gasteiger partial charge in [0.1, 0.15) is 17.3 Å². The zero-order valence-electron chi connectivity index (χ0n) is 20.5. The van der Waals surface area contributed by atoms with Crippen molar-refractivity contribution in [3.05, 3.63) is 87.9 Å². The Balaban J connectivity index is 1.91. The average molecular weight is 524 g/mol. The van der Waals surface area contributed by atoms with Gasteiger partial charge in [0.15, 0.2) is 11.5 Å². The van der Waals surface area contributed by atoms with Gasteiger partial charge in [-0.1, -0.05) is 35.9 Å². The van der Waals surface area contributed by atoms with Crippen LogP contribution in [0, 0.1) is 0 Å². The standard InChI is InChI=1S/C28H26ClNO7/c1-4-37-23-13-16(10-12-20(23)31)25-24(26(32)17-9-11-19(29)22(14-17)36-3)27(33)28(34)30(25)15-18-7-5-6-8-21(18)35-2/h5-14,25,31-32H,4,15H2,1-3H3/b26-24-. The second-order valence-corrected chi connectivity index (χ2v) is 8.66. The number of ketones is 1. The fourth-order valence-corrected chi connectivity index (χ4v) is 4.54. The minimum atomic E-state index is -0.980. The van der Waals surface area contributed by atoms with Crippen molar-refractivity contribution in [2.75, 3.05) is 20.8 Å². The number of nitrogens with zero attached hydrogens (tertiary/aromatic N) is 1. The normalized spacial score (nSPS) is 16.6. The van der Waals surface area contributed by atoms with E-state index in [2.05, 4.69) is 0 Å². The fourth-order valence-electron chi connectivity index (χ4n) is 4.34. The van der Waals surface area contributed by atoms with Gasteiger partial charge in [0.25, 0.3) is 11.7 Å². The van der Waals surface area contributed by atoms with Gasteiger partial charge in [0.05, 0.1) is 44.0 Å². The highest BCUT2D eigenvalue weighted by Gasteiger charge is 2.46. The van der Waals surface area contributed by atoms with Crippen LogP contribution in [-0.4, -0.2) is 47.6 Å². The zero-order chi connectivity index (χ0) is 26.7. The van der Waals surface area contributed by atoms with Crippen molar-refractivity contribution >= 4 is 29.1 Å². The van der Waals surface area contributed by atoms with E-state index in [1.165, 1.54) is 43.4 Å². The molecule has 4 rings (SSSR count). The molecule has 192 valence electrons. The summed E-state index contributed by atoms with van der Waals surface area (Å²) in [5, 5.41) is 21.9. The molecule has 9 heteroatoms. The van der Waals surface area contributed by atoms with Gasteiger partial charge in [-0.05, 0) is 48.9 Å². The highest BCUT2D eigenvalue weighted by molar-refractivity contribution is 6.46. The van der Waals surface area contributed by atoms with Gasteiger partial charge in [-0.2, -0.15) is 0 Å². The molecule has 3 aromatic rings. The second kappa shape index (κ2) is 10.8. The fraction of sp³-hybridized carbons (Fsp3) is 0.214. The zero-order valence-corrected chi connectivity index (χ0v) is 21.3. The number of halogens is 1. The van der Waals surface area contributed by atoms with Crippen molar-refractivity contribution in [3.8, 4) is 23.0 Å². The van der Waals surface area contributed by atoms with Gasteiger partial charge < -0.3 is 29.3 Å². The third-order valence-electron chi connectivity index (χ3n) is 6.10. The summed E-state index contributed by atoms with van der Waals surface area (Å²) in [4.78, 5) is 28.1. The number of aliphatic hydroxyl groups is 1. The molecule has 1 amide bonds. The number of aliphatic hydroxyl groups excluding tert-OH is 1. The summed E-state index contributed by atoms with van der Waals surface area (Å²) in [5.41, 5.74) is 1.29. The molecule has 3 aromatic carbocycles. The summed E-state index contributed by atoms with van der Waals surface area (Å²) in [6.07, 6.45) is 0. The number of Topliss-reactive ketones (excluding diaryl/α,β-unsaturated/α-hetero) is 1. The van der Waals surface area contributed by atoms with Gasteiger partial charge in [-0.3, -0.25) is 9.59 Å². The Morgan fingerprint density at radius 3 is 2.41 bits per heavy atom. The van der Waals surface area contributed by atoms with Crippen LogP contribution in [0.1, 0.15) is 29.7 Å². The van der Waals surface area contributed by atoms with Crippen LogP contribution < -0.4 is 14.2 Å². The minimum Gasteiger partial charge on any atom is -0.507 e. The number of phenols is 1. The van der Waals surface area contributed by atoms with E-state index in [4.69, 9.17) is 25.8 Å². The second-order valence-electron chi connectivity index (χ2n) is 8.25. The Hall–Kier alpha value is -4.17. The molecule has 37 heavy (non-hydrogen) atoms. The number of methoxy groups -OCH3 is 2. The van der Waals surface area contributed by atoms with Gasteiger partial charge in [0, 0.05) is 11.1 Å². The predicted molar refractivity (Wildman–Crippen MR) is 138 cm³/mol. The monoisotopic (exact) mass is 523 g/mol. The third kappa shape index (κ3) is 4.93. The Morgan fingerprint density at radius 2 is 1.70 bits per heavy atom. The number of hydrogen-bond donors (Lipinski definition) is 2. The van der Waals surface area contributed by atoms with Crippen LogP contribution in [0.2, 0.25) is 5.02 Å². The molecular weight excluding hydrogens is 498 g/mol. The van der Waals surface area contributed by atoms with E-state index >= 15 is 0 Å². The number of rotatable bonds is 8. The minimum absolute atomic E-state index is 0.0326. The number of carbonyl (C=O) groups is 2. The van der Waals surface area contributed by atoms with E-state index in [0.717, 1.165) is 0 Å². The van der Waals surface area contributed by atoms with Crippen molar-refractivity contribution in [2.45, 2.75) is 19.5 Å². The summed E-state index contributed by atoms with van der Waals surface area (Å²) in [5.74, 6) is -1.07. The highest BCUT2D eigenvalue weighted by atomic mass is 35.5. The molecular formula is C28H26ClNO7. The topological polar surface area (TPSA) is 106 Å². The third-order valence-corrected chi connectivity index (χ3v) is 6.41. The van der Waals surface area contributed by atoms with E-state index in [1.54, 1.807) is 43.3 Å². The lowest BCUT2D eigenvalue weighted by atomic mass is 9.94. The number of phenolic OH excluding ortho intramolecular Hbond substituents is 1. The van der Waals surface area contributed by atoms with Crippen molar-refractivity contribution in [1.82, 2.24) is 4.90 Å². The van der Waals surface area contributed by atoms with Gasteiger partial charge in [-0.25, -0.2) is 0 Å². The smallest absolute Gasteiger partial charge is 0.295 e.